The van der Waals surface area contributed by atoms with Crippen molar-refractivity contribution < 1.29 is 22.6 Å². The van der Waals surface area contributed by atoms with E-state index >= 15 is 0 Å². The van der Waals surface area contributed by atoms with Crippen molar-refractivity contribution in [2.24, 2.45) is 0 Å². The van der Waals surface area contributed by atoms with Gasteiger partial charge in [0.15, 0.2) is 11.5 Å². The monoisotopic (exact) mass is 428 g/mol. The first-order valence-electron chi connectivity index (χ1n) is 9.56. The van der Waals surface area contributed by atoms with Gasteiger partial charge >= 0.3 is 6.18 Å². The number of benzene rings is 2. The summed E-state index contributed by atoms with van der Waals surface area (Å²) in [5.74, 6) is 1.48. The first-order chi connectivity index (χ1) is 14.8. The predicted octanol–water partition coefficient (Wildman–Crippen LogP) is 4.93. The molecule has 5 nitrogen and oxygen atoms in total. The lowest BCUT2D eigenvalue weighted by atomic mass is 10.1. The first kappa shape index (κ1) is 20.7. The third kappa shape index (κ3) is 3.93. The van der Waals surface area contributed by atoms with Gasteiger partial charge < -0.3 is 9.47 Å². The molecule has 2 aromatic carbocycles. The van der Waals surface area contributed by atoms with Crippen molar-refractivity contribution in [2.75, 3.05) is 13.7 Å². The van der Waals surface area contributed by atoms with Gasteiger partial charge in [-0.15, -0.1) is 0 Å². The summed E-state index contributed by atoms with van der Waals surface area (Å²) in [6, 6.07) is 8.40. The van der Waals surface area contributed by atoms with Crippen LogP contribution in [0.15, 0.2) is 53.8 Å². The predicted molar refractivity (Wildman–Crippen MR) is 112 cm³/mol. The Bertz CT molecular complexity index is 1260. The average molecular weight is 428 g/mol. The summed E-state index contributed by atoms with van der Waals surface area (Å²) in [6.45, 7) is 4.37. The number of rotatable bonds is 5. The second-order valence-corrected chi connectivity index (χ2v) is 7.05. The van der Waals surface area contributed by atoms with Crippen LogP contribution in [0.1, 0.15) is 23.4 Å². The van der Waals surface area contributed by atoms with Gasteiger partial charge in [0.1, 0.15) is 12.4 Å². The van der Waals surface area contributed by atoms with Crippen LogP contribution in [0.5, 0.6) is 11.5 Å². The fraction of sp³-hybridized carbons (Fsp3) is 0.217. The fourth-order valence-corrected chi connectivity index (χ4v) is 3.57. The molecule has 1 aliphatic rings. The molecule has 0 aliphatic carbocycles. The van der Waals surface area contributed by atoms with Crippen LogP contribution in [0.2, 0.25) is 0 Å². The summed E-state index contributed by atoms with van der Waals surface area (Å²) < 4.78 is 51.7. The van der Waals surface area contributed by atoms with Crippen LogP contribution < -0.4 is 15.0 Å². The van der Waals surface area contributed by atoms with Crippen LogP contribution in [-0.2, 0) is 12.7 Å². The minimum absolute atomic E-state index is 0.0321. The SMILES string of the molecule is C=CCOc1ccc(/C=C2\CCn3c2nc2cc(C(F)(F)F)ccc2c3=O)cc1OC. The Morgan fingerprint density at radius 3 is 2.71 bits per heavy atom. The van der Waals surface area contributed by atoms with E-state index in [0.29, 0.717) is 36.9 Å². The van der Waals surface area contributed by atoms with Gasteiger partial charge in [-0.25, -0.2) is 4.98 Å². The molecule has 0 saturated carbocycles. The van der Waals surface area contributed by atoms with Crippen molar-refractivity contribution in [3.05, 3.63) is 76.4 Å². The zero-order chi connectivity index (χ0) is 22.2. The molecule has 0 fully saturated rings. The zero-order valence-corrected chi connectivity index (χ0v) is 16.7. The van der Waals surface area contributed by atoms with Crippen molar-refractivity contribution in [3.8, 4) is 11.5 Å². The van der Waals surface area contributed by atoms with Crippen molar-refractivity contribution in [1.29, 1.82) is 0 Å². The molecule has 1 aliphatic heterocycles. The lowest BCUT2D eigenvalue weighted by molar-refractivity contribution is -0.137. The molecule has 0 radical (unpaired) electrons. The summed E-state index contributed by atoms with van der Waals surface area (Å²) >= 11 is 0. The molecule has 0 saturated heterocycles. The number of hydrogen-bond acceptors (Lipinski definition) is 4. The zero-order valence-electron chi connectivity index (χ0n) is 16.7. The van der Waals surface area contributed by atoms with E-state index in [0.717, 1.165) is 23.3 Å². The Kier molecular flexibility index (Phi) is 5.31. The molecule has 8 heteroatoms. The number of halogens is 3. The van der Waals surface area contributed by atoms with E-state index in [2.05, 4.69) is 11.6 Å². The van der Waals surface area contributed by atoms with E-state index in [-0.39, 0.29) is 16.5 Å². The average Bonchev–Trinajstić information content (AvgIpc) is 3.14. The van der Waals surface area contributed by atoms with Gasteiger partial charge in [0.2, 0.25) is 0 Å². The number of fused-ring (bicyclic) bond motifs is 2. The maximum Gasteiger partial charge on any atom is 0.416 e. The van der Waals surface area contributed by atoms with Gasteiger partial charge in [0, 0.05) is 6.54 Å². The highest BCUT2D eigenvalue weighted by molar-refractivity contribution is 5.85. The van der Waals surface area contributed by atoms with Crippen molar-refractivity contribution in [2.45, 2.75) is 19.1 Å². The van der Waals surface area contributed by atoms with E-state index in [1.54, 1.807) is 18.2 Å². The largest absolute Gasteiger partial charge is 0.493 e. The Balaban J connectivity index is 1.77. The van der Waals surface area contributed by atoms with Crippen LogP contribution in [0, 0.1) is 0 Å². The quantitative estimate of drug-likeness (QED) is 0.541. The third-order valence-electron chi connectivity index (χ3n) is 5.06. The highest BCUT2D eigenvalue weighted by Gasteiger charge is 2.31. The standard InChI is InChI=1S/C23H19F3N2O3/c1-3-10-31-19-7-4-14(12-20(19)30-2)11-15-8-9-28-21(15)27-18-13-16(23(24,25)26)5-6-17(18)22(28)29/h3-7,11-13H,1,8-10H2,2H3/b15-11+. The molecule has 0 spiro atoms. The summed E-state index contributed by atoms with van der Waals surface area (Å²) in [7, 11) is 1.53. The lowest BCUT2D eigenvalue weighted by Crippen LogP contribution is -2.21. The highest BCUT2D eigenvalue weighted by atomic mass is 19.4. The molecular weight excluding hydrogens is 409 g/mol. The molecule has 31 heavy (non-hydrogen) atoms. The van der Waals surface area contributed by atoms with E-state index in [1.165, 1.54) is 17.7 Å². The van der Waals surface area contributed by atoms with Gasteiger partial charge in [0.05, 0.1) is 23.6 Å². The van der Waals surface area contributed by atoms with Gasteiger partial charge in [-0.3, -0.25) is 9.36 Å². The molecule has 2 heterocycles. The molecule has 0 N–H and O–H groups in total. The van der Waals surface area contributed by atoms with Crippen LogP contribution in [0.3, 0.4) is 0 Å². The number of aromatic nitrogens is 2. The number of nitrogens with zero attached hydrogens (tertiary/aromatic N) is 2. The number of ether oxygens (including phenoxy) is 2. The number of allylic oxidation sites excluding steroid dienone is 1. The second kappa shape index (κ2) is 7.94. The summed E-state index contributed by atoms with van der Waals surface area (Å²) in [5.41, 5.74) is 0.413. The van der Waals surface area contributed by atoms with Crippen molar-refractivity contribution in [3.63, 3.8) is 0 Å². The lowest BCUT2D eigenvalue weighted by Gasteiger charge is -2.11. The Labute approximate surface area is 176 Å². The van der Waals surface area contributed by atoms with Gasteiger partial charge in [-0.1, -0.05) is 18.7 Å². The molecule has 0 unspecified atom stereocenters. The normalized spacial score (nSPS) is 14.6. The molecule has 160 valence electrons. The molecule has 0 bridgehead atoms. The number of methoxy groups -OCH3 is 1. The number of alkyl halides is 3. The molecule has 0 amide bonds. The van der Waals surface area contributed by atoms with Crippen molar-refractivity contribution in [1.82, 2.24) is 9.55 Å². The van der Waals surface area contributed by atoms with E-state index in [9.17, 15) is 18.0 Å². The Hall–Kier alpha value is -3.55. The number of hydrogen-bond donors (Lipinski definition) is 0. The highest BCUT2D eigenvalue weighted by Crippen LogP contribution is 2.34. The maximum absolute atomic E-state index is 13.1. The smallest absolute Gasteiger partial charge is 0.416 e. The van der Waals surface area contributed by atoms with E-state index in [1.807, 2.05) is 12.1 Å². The molecule has 1 aromatic heterocycles. The molecule has 0 atom stereocenters. The van der Waals surface area contributed by atoms with E-state index in [4.69, 9.17) is 9.47 Å². The topological polar surface area (TPSA) is 53.4 Å². The van der Waals surface area contributed by atoms with Crippen LogP contribution in [-0.4, -0.2) is 23.3 Å². The second-order valence-electron chi connectivity index (χ2n) is 7.05. The maximum atomic E-state index is 13.1. The van der Waals surface area contributed by atoms with Gasteiger partial charge in [-0.2, -0.15) is 13.2 Å². The van der Waals surface area contributed by atoms with Crippen LogP contribution in [0.25, 0.3) is 22.6 Å². The molecular formula is C23H19F3N2O3. The Morgan fingerprint density at radius 1 is 1.19 bits per heavy atom. The third-order valence-corrected chi connectivity index (χ3v) is 5.06. The van der Waals surface area contributed by atoms with Gasteiger partial charge in [-0.05, 0) is 54.0 Å². The summed E-state index contributed by atoms with van der Waals surface area (Å²) in [5, 5.41) is 0.170. The Morgan fingerprint density at radius 2 is 2.00 bits per heavy atom. The fourth-order valence-electron chi connectivity index (χ4n) is 3.57. The first-order valence-corrected chi connectivity index (χ1v) is 9.56. The van der Waals surface area contributed by atoms with Crippen molar-refractivity contribution >= 4 is 22.6 Å². The summed E-state index contributed by atoms with van der Waals surface area (Å²) in [4.78, 5) is 17.2. The van der Waals surface area contributed by atoms with Crippen LogP contribution in [0.4, 0.5) is 13.2 Å². The molecule has 3 aromatic rings. The van der Waals surface area contributed by atoms with Crippen LogP contribution >= 0.6 is 0 Å². The minimum atomic E-state index is -4.50. The van der Waals surface area contributed by atoms with E-state index < -0.39 is 11.7 Å². The van der Waals surface area contributed by atoms with Gasteiger partial charge in [0.25, 0.3) is 5.56 Å². The minimum Gasteiger partial charge on any atom is -0.493 e. The summed E-state index contributed by atoms with van der Waals surface area (Å²) in [6.07, 6.45) is -0.481. The molecule has 4 rings (SSSR count).